The number of rotatable bonds is 5. The van der Waals surface area contributed by atoms with Gasteiger partial charge >= 0.3 is 0 Å². The summed E-state index contributed by atoms with van der Waals surface area (Å²) in [5.74, 6) is 3.83. The summed E-state index contributed by atoms with van der Waals surface area (Å²) in [5.41, 5.74) is 1.33. The van der Waals surface area contributed by atoms with Gasteiger partial charge in [0.05, 0.1) is 6.20 Å². The number of nitrogens with one attached hydrogen (secondary N) is 1. The second-order valence-corrected chi connectivity index (χ2v) is 6.86. The number of nitrogens with zero attached hydrogens (tertiary/aromatic N) is 2. The van der Waals surface area contributed by atoms with Gasteiger partial charge < -0.3 is 5.32 Å². The van der Waals surface area contributed by atoms with E-state index in [0.717, 1.165) is 6.54 Å². The van der Waals surface area contributed by atoms with Gasteiger partial charge in [-0.15, -0.1) is 0 Å². The average Bonchev–Trinajstić information content (AvgIpc) is 2.78. The molecule has 1 fully saturated rings. The Labute approximate surface area is 112 Å². The SMILES string of the molecule is CCCNC(c1cnn(C)c1)C1CSCCS1. The maximum Gasteiger partial charge on any atom is 0.0537 e. The summed E-state index contributed by atoms with van der Waals surface area (Å²) in [6, 6.07) is 0.460. The van der Waals surface area contributed by atoms with E-state index in [2.05, 4.69) is 47.1 Å². The molecule has 17 heavy (non-hydrogen) atoms. The second kappa shape index (κ2) is 6.71. The molecule has 1 aromatic rings. The summed E-state index contributed by atoms with van der Waals surface area (Å²) in [4.78, 5) is 0. The summed E-state index contributed by atoms with van der Waals surface area (Å²) in [5, 5.41) is 8.67. The number of hydrogen-bond acceptors (Lipinski definition) is 4. The van der Waals surface area contributed by atoms with Gasteiger partial charge in [-0.05, 0) is 13.0 Å². The fourth-order valence-electron chi connectivity index (χ4n) is 2.06. The smallest absolute Gasteiger partial charge is 0.0537 e. The van der Waals surface area contributed by atoms with Crippen LogP contribution in [0.3, 0.4) is 0 Å². The number of aromatic nitrogens is 2. The molecule has 96 valence electrons. The van der Waals surface area contributed by atoms with E-state index in [1.165, 1.54) is 29.2 Å². The molecule has 0 aromatic carbocycles. The molecular weight excluding hydrogens is 250 g/mol. The van der Waals surface area contributed by atoms with Crippen LogP contribution in [0.1, 0.15) is 24.9 Å². The van der Waals surface area contributed by atoms with Crippen molar-refractivity contribution in [1.29, 1.82) is 0 Å². The zero-order valence-electron chi connectivity index (χ0n) is 10.6. The molecule has 1 aromatic heterocycles. The van der Waals surface area contributed by atoms with Crippen LogP contribution in [0, 0.1) is 0 Å². The van der Waals surface area contributed by atoms with Gasteiger partial charge in [-0.25, -0.2) is 0 Å². The first kappa shape index (κ1) is 13.3. The highest BCUT2D eigenvalue weighted by Gasteiger charge is 2.26. The van der Waals surface area contributed by atoms with Crippen LogP contribution in [0.25, 0.3) is 0 Å². The Morgan fingerprint density at radius 3 is 3.06 bits per heavy atom. The van der Waals surface area contributed by atoms with Crippen molar-refractivity contribution in [3.8, 4) is 0 Å². The third-order valence-corrected chi connectivity index (χ3v) is 5.78. The van der Waals surface area contributed by atoms with E-state index in [4.69, 9.17) is 0 Å². The molecule has 2 rings (SSSR count). The highest BCUT2D eigenvalue weighted by atomic mass is 32.2. The van der Waals surface area contributed by atoms with E-state index >= 15 is 0 Å². The van der Waals surface area contributed by atoms with Gasteiger partial charge in [0.15, 0.2) is 0 Å². The lowest BCUT2D eigenvalue weighted by atomic mass is 10.1. The number of hydrogen-bond donors (Lipinski definition) is 1. The lowest BCUT2D eigenvalue weighted by Gasteiger charge is -2.29. The van der Waals surface area contributed by atoms with Crippen molar-refractivity contribution >= 4 is 23.5 Å². The Hall–Kier alpha value is -0.130. The predicted octanol–water partition coefficient (Wildman–Crippen LogP) is 2.31. The molecule has 1 aliphatic heterocycles. The van der Waals surface area contributed by atoms with E-state index in [1.807, 2.05) is 17.9 Å². The van der Waals surface area contributed by atoms with Crippen LogP contribution in [0.15, 0.2) is 12.4 Å². The average molecular weight is 271 g/mol. The topological polar surface area (TPSA) is 29.9 Å². The first-order chi connectivity index (χ1) is 8.31. The molecule has 2 atom stereocenters. The van der Waals surface area contributed by atoms with Crippen LogP contribution in [0.5, 0.6) is 0 Å². The molecule has 0 spiro atoms. The first-order valence-corrected chi connectivity index (χ1v) is 8.43. The molecule has 1 N–H and O–H groups in total. The quantitative estimate of drug-likeness (QED) is 0.890. The zero-order valence-corrected chi connectivity index (χ0v) is 12.2. The summed E-state index contributed by atoms with van der Waals surface area (Å²) in [6.07, 6.45) is 5.33. The van der Waals surface area contributed by atoms with Crippen molar-refractivity contribution in [1.82, 2.24) is 15.1 Å². The number of thioether (sulfide) groups is 2. The van der Waals surface area contributed by atoms with Crippen molar-refractivity contribution in [2.24, 2.45) is 7.05 Å². The Morgan fingerprint density at radius 2 is 2.47 bits per heavy atom. The molecule has 1 saturated heterocycles. The lowest BCUT2D eigenvalue weighted by Crippen LogP contribution is -2.34. The fraction of sp³-hybridized carbons (Fsp3) is 0.750. The fourth-order valence-corrected chi connectivity index (χ4v) is 4.93. The first-order valence-electron chi connectivity index (χ1n) is 6.22. The number of aryl methyl sites for hydroxylation is 1. The summed E-state index contributed by atoms with van der Waals surface area (Å²) < 4.78 is 1.90. The van der Waals surface area contributed by atoms with Gasteiger partial charge in [-0.3, -0.25) is 4.68 Å². The minimum absolute atomic E-state index is 0.460. The Bertz CT molecular complexity index is 334. The molecular formula is C12H21N3S2. The van der Waals surface area contributed by atoms with E-state index in [-0.39, 0.29) is 0 Å². The van der Waals surface area contributed by atoms with Gasteiger partial charge in [0.25, 0.3) is 0 Å². The molecule has 2 unspecified atom stereocenters. The highest BCUT2D eigenvalue weighted by Crippen LogP contribution is 2.33. The van der Waals surface area contributed by atoms with Crippen LogP contribution in [0.4, 0.5) is 0 Å². The standard InChI is InChI=1S/C12H21N3S2/c1-3-4-13-12(10-7-14-15(2)8-10)11-9-16-5-6-17-11/h7-8,11-13H,3-6,9H2,1-2H3. The molecule has 5 heteroatoms. The Balaban J connectivity index is 2.06. The molecule has 0 bridgehead atoms. The van der Waals surface area contributed by atoms with E-state index < -0.39 is 0 Å². The van der Waals surface area contributed by atoms with Crippen LogP contribution in [0.2, 0.25) is 0 Å². The van der Waals surface area contributed by atoms with Gasteiger partial charge in [-0.1, -0.05) is 6.92 Å². The molecule has 0 aliphatic carbocycles. The van der Waals surface area contributed by atoms with Crippen molar-refractivity contribution < 1.29 is 0 Å². The van der Waals surface area contributed by atoms with Crippen LogP contribution in [-0.2, 0) is 7.05 Å². The van der Waals surface area contributed by atoms with Gasteiger partial charge in [-0.2, -0.15) is 28.6 Å². The molecule has 0 saturated carbocycles. The third-order valence-electron chi connectivity index (χ3n) is 2.91. The maximum absolute atomic E-state index is 4.30. The predicted molar refractivity (Wildman–Crippen MR) is 77.8 cm³/mol. The van der Waals surface area contributed by atoms with Crippen molar-refractivity contribution in [2.75, 3.05) is 23.8 Å². The van der Waals surface area contributed by atoms with E-state index in [9.17, 15) is 0 Å². The minimum atomic E-state index is 0.460. The molecule has 0 amide bonds. The lowest BCUT2D eigenvalue weighted by molar-refractivity contribution is 0.530. The van der Waals surface area contributed by atoms with Gasteiger partial charge in [0, 0.05) is 47.4 Å². The van der Waals surface area contributed by atoms with Crippen LogP contribution in [-0.4, -0.2) is 38.8 Å². The summed E-state index contributed by atoms with van der Waals surface area (Å²) in [6.45, 7) is 3.30. The van der Waals surface area contributed by atoms with Crippen molar-refractivity contribution in [3.05, 3.63) is 18.0 Å². The zero-order chi connectivity index (χ0) is 12.1. The Kier molecular flexibility index (Phi) is 5.25. The van der Waals surface area contributed by atoms with Gasteiger partial charge in [0.1, 0.15) is 0 Å². The largest absolute Gasteiger partial charge is 0.309 e. The molecule has 0 radical (unpaired) electrons. The monoisotopic (exact) mass is 271 g/mol. The minimum Gasteiger partial charge on any atom is -0.309 e. The van der Waals surface area contributed by atoms with E-state index in [1.54, 1.807) is 0 Å². The molecule has 2 heterocycles. The van der Waals surface area contributed by atoms with Crippen molar-refractivity contribution in [2.45, 2.75) is 24.6 Å². The third kappa shape index (κ3) is 3.66. The van der Waals surface area contributed by atoms with Crippen LogP contribution < -0.4 is 5.32 Å². The molecule has 1 aliphatic rings. The Morgan fingerprint density at radius 1 is 1.59 bits per heavy atom. The van der Waals surface area contributed by atoms with E-state index in [0.29, 0.717) is 11.3 Å². The second-order valence-electron chi connectivity index (χ2n) is 4.36. The van der Waals surface area contributed by atoms with Gasteiger partial charge in [0.2, 0.25) is 0 Å². The summed E-state index contributed by atoms with van der Waals surface area (Å²) in [7, 11) is 1.99. The maximum atomic E-state index is 4.30. The van der Waals surface area contributed by atoms with Crippen LogP contribution >= 0.6 is 23.5 Å². The highest BCUT2D eigenvalue weighted by molar-refractivity contribution is 8.06. The summed E-state index contributed by atoms with van der Waals surface area (Å²) >= 11 is 4.18. The normalized spacial score (nSPS) is 22.6. The molecule has 3 nitrogen and oxygen atoms in total. The van der Waals surface area contributed by atoms with Crippen molar-refractivity contribution in [3.63, 3.8) is 0 Å².